The number of benzene rings is 1. The third-order valence-electron chi connectivity index (χ3n) is 4.04. The second-order valence-electron chi connectivity index (χ2n) is 5.64. The highest BCUT2D eigenvalue weighted by molar-refractivity contribution is 5.29. The van der Waals surface area contributed by atoms with Crippen LogP contribution in [0.15, 0.2) is 24.3 Å². The molecule has 3 atom stereocenters. The van der Waals surface area contributed by atoms with Gasteiger partial charge in [-0.05, 0) is 56.3 Å². The zero-order chi connectivity index (χ0) is 14.4. The van der Waals surface area contributed by atoms with E-state index in [1.54, 1.807) is 0 Å². The van der Waals surface area contributed by atoms with Crippen molar-refractivity contribution in [1.29, 1.82) is 0 Å². The summed E-state index contributed by atoms with van der Waals surface area (Å²) >= 11 is 0. The summed E-state index contributed by atoms with van der Waals surface area (Å²) in [6.07, 6.45) is 4.78. The van der Waals surface area contributed by atoms with E-state index in [0.29, 0.717) is 6.04 Å². The van der Waals surface area contributed by atoms with Gasteiger partial charge in [0.25, 0.3) is 0 Å². The molecular formula is C17H27NO2. The lowest BCUT2D eigenvalue weighted by molar-refractivity contribution is 0.0604. The Morgan fingerprint density at radius 2 is 2.00 bits per heavy atom. The zero-order valence-corrected chi connectivity index (χ0v) is 12.6. The summed E-state index contributed by atoms with van der Waals surface area (Å²) in [5, 5.41) is 13.3. The van der Waals surface area contributed by atoms with E-state index in [1.807, 2.05) is 12.1 Å². The van der Waals surface area contributed by atoms with E-state index in [-0.39, 0.29) is 12.2 Å². The third-order valence-corrected chi connectivity index (χ3v) is 4.04. The fourth-order valence-electron chi connectivity index (χ4n) is 2.81. The van der Waals surface area contributed by atoms with Crippen molar-refractivity contribution in [2.75, 3.05) is 6.54 Å². The van der Waals surface area contributed by atoms with Crippen LogP contribution in [0.5, 0.6) is 5.75 Å². The molecule has 1 saturated carbocycles. The number of aliphatic hydroxyl groups excluding tert-OH is 1. The fraction of sp³-hybridized carbons (Fsp3) is 0.647. The van der Waals surface area contributed by atoms with Gasteiger partial charge in [-0.2, -0.15) is 0 Å². The molecule has 0 saturated heterocycles. The molecular weight excluding hydrogens is 250 g/mol. The number of rotatable bonds is 7. The van der Waals surface area contributed by atoms with Crippen molar-refractivity contribution < 1.29 is 9.84 Å². The first-order valence-corrected chi connectivity index (χ1v) is 7.92. The molecule has 0 bridgehead atoms. The smallest absolute Gasteiger partial charge is 0.124 e. The molecule has 1 aromatic carbocycles. The molecule has 20 heavy (non-hydrogen) atoms. The van der Waals surface area contributed by atoms with Crippen LogP contribution in [0.3, 0.4) is 0 Å². The van der Waals surface area contributed by atoms with Crippen LogP contribution >= 0.6 is 0 Å². The van der Waals surface area contributed by atoms with E-state index in [1.165, 1.54) is 5.56 Å². The van der Waals surface area contributed by atoms with Crippen molar-refractivity contribution in [2.45, 2.75) is 64.2 Å². The molecule has 0 aliphatic heterocycles. The highest BCUT2D eigenvalue weighted by Crippen LogP contribution is 2.26. The largest absolute Gasteiger partial charge is 0.488 e. The number of hydrogen-bond acceptors (Lipinski definition) is 3. The predicted octanol–water partition coefficient (Wildman–Crippen LogP) is 3.43. The van der Waals surface area contributed by atoms with Crippen LogP contribution in [0.4, 0.5) is 0 Å². The summed E-state index contributed by atoms with van der Waals surface area (Å²) < 4.78 is 5.87. The molecule has 1 aliphatic rings. The van der Waals surface area contributed by atoms with Gasteiger partial charge in [-0.15, -0.1) is 0 Å². The lowest BCUT2D eigenvalue weighted by atomic mass is 10.0. The van der Waals surface area contributed by atoms with Crippen molar-refractivity contribution in [1.82, 2.24) is 5.32 Å². The van der Waals surface area contributed by atoms with Crippen LogP contribution in [0.1, 0.15) is 57.6 Å². The van der Waals surface area contributed by atoms with E-state index < -0.39 is 0 Å². The van der Waals surface area contributed by atoms with Gasteiger partial charge in [-0.25, -0.2) is 0 Å². The number of ether oxygens (including phenoxy) is 1. The molecule has 0 heterocycles. The van der Waals surface area contributed by atoms with Gasteiger partial charge in [0.1, 0.15) is 11.9 Å². The van der Waals surface area contributed by atoms with Gasteiger partial charge < -0.3 is 15.2 Å². The normalized spacial score (nSPS) is 23.8. The van der Waals surface area contributed by atoms with E-state index in [0.717, 1.165) is 44.4 Å². The molecule has 2 N–H and O–H groups in total. The summed E-state index contributed by atoms with van der Waals surface area (Å²) in [6, 6.07) is 8.73. The van der Waals surface area contributed by atoms with Crippen LogP contribution < -0.4 is 10.1 Å². The Hall–Kier alpha value is -1.06. The van der Waals surface area contributed by atoms with Gasteiger partial charge in [0.05, 0.1) is 6.10 Å². The van der Waals surface area contributed by atoms with Gasteiger partial charge in [0.2, 0.25) is 0 Å². The summed E-state index contributed by atoms with van der Waals surface area (Å²) in [4.78, 5) is 0. The quantitative estimate of drug-likeness (QED) is 0.802. The van der Waals surface area contributed by atoms with E-state index in [9.17, 15) is 5.11 Å². The monoisotopic (exact) mass is 277 g/mol. The first-order valence-electron chi connectivity index (χ1n) is 7.92. The second kappa shape index (κ2) is 7.65. The van der Waals surface area contributed by atoms with Gasteiger partial charge in [-0.1, -0.05) is 26.0 Å². The molecule has 1 aromatic rings. The van der Waals surface area contributed by atoms with Gasteiger partial charge in [0, 0.05) is 6.04 Å². The molecule has 1 aliphatic carbocycles. The molecule has 112 valence electrons. The van der Waals surface area contributed by atoms with Gasteiger partial charge in [-0.3, -0.25) is 0 Å². The minimum Gasteiger partial charge on any atom is -0.488 e. The summed E-state index contributed by atoms with van der Waals surface area (Å²) in [7, 11) is 0. The summed E-state index contributed by atoms with van der Waals surface area (Å²) in [5.74, 6) is 0.866. The Morgan fingerprint density at radius 3 is 2.55 bits per heavy atom. The lowest BCUT2D eigenvalue weighted by Crippen LogP contribution is -2.25. The molecule has 3 heteroatoms. The Labute approximate surface area is 122 Å². The standard InChI is InChI=1S/C17H27NO2/c1-3-12-18-15(4-2)13-8-10-14(11-9-13)20-17-7-5-6-16(17)19/h8-11,15-19H,3-7,12H2,1-2H3. The highest BCUT2D eigenvalue weighted by atomic mass is 16.5. The van der Waals surface area contributed by atoms with E-state index >= 15 is 0 Å². The SMILES string of the molecule is CCCNC(CC)c1ccc(OC2CCCC2O)cc1. The zero-order valence-electron chi connectivity index (χ0n) is 12.6. The molecule has 0 aromatic heterocycles. The highest BCUT2D eigenvalue weighted by Gasteiger charge is 2.26. The first-order chi connectivity index (χ1) is 9.74. The number of aliphatic hydroxyl groups is 1. The van der Waals surface area contributed by atoms with Crippen LogP contribution in [0.25, 0.3) is 0 Å². The Kier molecular flexibility index (Phi) is 5.86. The molecule has 2 rings (SSSR count). The van der Waals surface area contributed by atoms with Crippen LogP contribution in [0.2, 0.25) is 0 Å². The molecule has 1 fully saturated rings. The molecule has 0 amide bonds. The molecule has 3 unspecified atom stereocenters. The Balaban J connectivity index is 1.94. The van der Waals surface area contributed by atoms with Crippen molar-refractivity contribution in [3.63, 3.8) is 0 Å². The van der Waals surface area contributed by atoms with Crippen LogP contribution in [-0.2, 0) is 0 Å². The van der Waals surface area contributed by atoms with Crippen molar-refractivity contribution in [2.24, 2.45) is 0 Å². The second-order valence-corrected chi connectivity index (χ2v) is 5.64. The van der Waals surface area contributed by atoms with Crippen molar-refractivity contribution >= 4 is 0 Å². The van der Waals surface area contributed by atoms with Gasteiger partial charge >= 0.3 is 0 Å². The van der Waals surface area contributed by atoms with Crippen molar-refractivity contribution in [3.05, 3.63) is 29.8 Å². The lowest BCUT2D eigenvalue weighted by Gasteiger charge is -2.19. The summed E-state index contributed by atoms with van der Waals surface area (Å²) in [6.45, 7) is 5.43. The minimum absolute atomic E-state index is 0.0268. The topological polar surface area (TPSA) is 41.5 Å². The van der Waals surface area contributed by atoms with Crippen LogP contribution in [-0.4, -0.2) is 23.9 Å². The fourth-order valence-corrected chi connectivity index (χ4v) is 2.81. The molecule has 3 nitrogen and oxygen atoms in total. The minimum atomic E-state index is -0.302. The molecule has 0 spiro atoms. The summed E-state index contributed by atoms with van der Waals surface area (Å²) in [5.41, 5.74) is 1.31. The maximum atomic E-state index is 9.79. The average Bonchev–Trinajstić information content (AvgIpc) is 2.87. The van der Waals surface area contributed by atoms with Crippen molar-refractivity contribution in [3.8, 4) is 5.75 Å². The molecule has 0 radical (unpaired) electrons. The maximum absolute atomic E-state index is 9.79. The van der Waals surface area contributed by atoms with E-state index in [2.05, 4.69) is 31.3 Å². The number of hydrogen-bond donors (Lipinski definition) is 2. The van der Waals surface area contributed by atoms with Crippen LogP contribution in [0, 0.1) is 0 Å². The Morgan fingerprint density at radius 1 is 1.25 bits per heavy atom. The Bertz CT molecular complexity index is 390. The van der Waals surface area contributed by atoms with Gasteiger partial charge in [0.15, 0.2) is 0 Å². The third kappa shape index (κ3) is 3.97. The predicted molar refractivity (Wildman–Crippen MR) is 82.0 cm³/mol. The average molecular weight is 277 g/mol. The first kappa shape index (κ1) is 15.3. The van der Waals surface area contributed by atoms with E-state index in [4.69, 9.17) is 4.74 Å². The number of nitrogens with one attached hydrogen (secondary N) is 1. The maximum Gasteiger partial charge on any atom is 0.124 e.